The zero-order valence-electron chi connectivity index (χ0n) is 19.3. The van der Waals surface area contributed by atoms with Crippen LogP contribution in [0.2, 0.25) is 5.28 Å². The van der Waals surface area contributed by atoms with Gasteiger partial charge in [-0.3, -0.25) is 4.79 Å². The van der Waals surface area contributed by atoms with Crippen LogP contribution in [0.3, 0.4) is 0 Å². The van der Waals surface area contributed by atoms with Crippen molar-refractivity contribution in [2.45, 2.75) is 45.2 Å². The van der Waals surface area contributed by atoms with Gasteiger partial charge in [-0.15, -0.1) is 0 Å². The van der Waals surface area contributed by atoms with E-state index in [0.29, 0.717) is 28.3 Å². The molecular weight excluding hydrogens is 495 g/mol. The average Bonchev–Trinajstić information content (AvgIpc) is 3.26. The molecule has 2 aliphatic heterocycles. The van der Waals surface area contributed by atoms with Gasteiger partial charge in [0.1, 0.15) is 11.5 Å². The van der Waals surface area contributed by atoms with Crippen molar-refractivity contribution in [1.82, 2.24) is 25.2 Å². The number of carbonyl (C=O) groups excluding carboxylic acids is 1. The summed E-state index contributed by atoms with van der Waals surface area (Å²) in [6.45, 7) is 3.67. The van der Waals surface area contributed by atoms with Crippen LogP contribution in [-0.4, -0.2) is 32.3 Å². The highest BCUT2D eigenvalue weighted by molar-refractivity contribution is 6.28. The van der Waals surface area contributed by atoms with E-state index in [1.165, 1.54) is 6.07 Å². The Hall–Kier alpha value is -3.44. The molecular formula is C24H23ClF3N7O. The highest BCUT2D eigenvalue weighted by Gasteiger charge is 2.33. The monoisotopic (exact) mass is 517 g/mol. The standard InChI is InChI=1S/C24H23ClF3N7O/c1-12(14-6-15(24(26,27)28)8-16(29)7-14)31-21-17-10-35(11-20(17)33-23(25)34-21)22(36)19-3-2-13-9-30-5-4-18(13)32-19/h2-3,6-8,12,30H,4-5,9-11,29H2,1H3,(H,31,33,34)/t12-/m1/s1. The molecule has 0 bridgehead atoms. The summed E-state index contributed by atoms with van der Waals surface area (Å²) in [6, 6.07) is 6.47. The lowest BCUT2D eigenvalue weighted by Gasteiger charge is -2.20. The van der Waals surface area contributed by atoms with Gasteiger partial charge in [-0.25, -0.2) is 15.0 Å². The second kappa shape index (κ2) is 9.21. The number of nitrogens with one attached hydrogen (secondary N) is 2. The van der Waals surface area contributed by atoms with E-state index in [2.05, 4.69) is 25.6 Å². The van der Waals surface area contributed by atoms with Crippen molar-refractivity contribution in [3.05, 3.63) is 75.0 Å². The van der Waals surface area contributed by atoms with Crippen LogP contribution < -0.4 is 16.4 Å². The number of amides is 1. The van der Waals surface area contributed by atoms with Crippen LogP contribution in [0.15, 0.2) is 30.3 Å². The molecule has 0 spiro atoms. The number of nitrogens with two attached hydrogens (primary N) is 1. The molecule has 1 atom stereocenters. The number of hydrogen-bond acceptors (Lipinski definition) is 7. The Bertz CT molecular complexity index is 1350. The maximum atomic E-state index is 13.3. The number of benzene rings is 1. The average molecular weight is 518 g/mol. The van der Waals surface area contributed by atoms with Crippen molar-refractivity contribution in [3.63, 3.8) is 0 Å². The Labute approximate surface area is 210 Å². The fourth-order valence-electron chi connectivity index (χ4n) is 4.48. The number of alkyl halides is 3. The lowest BCUT2D eigenvalue weighted by Crippen LogP contribution is -2.29. The van der Waals surface area contributed by atoms with Crippen molar-refractivity contribution in [2.75, 3.05) is 17.6 Å². The summed E-state index contributed by atoms with van der Waals surface area (Å²) >= 11 is 6.14. The molecule has 36 heavy (non-hydrogen) atoms. The Morgan fingerprint density at radius 3 is 2.75 bits per heavy atom. The molecule has 4 N–H and O–H groups in total. The number of anilines is 2. The number of nitrogens with zero attached hydrogens (tertiary/aromatic N) is 4. The van der Waals surface area contributed by atoms with E-state index >= 15 is 0 Å². The molecule has 0 fully saturated rings. The summed E-state index contributed by atoms with van der Waals surface area (Å²) in [4.78, 5) is 27.9. The maximum Gasteiger partial charge on any atom is 0.416 e. The number of carbonyl (C=O) groups is 1. The molecule has 0 saturated carbocycles. The van der Waals surface area contributed by atoms with E-state index in [9.17, 15) is 18.0 Å². The molecule has 188 valence electrons. The van der Waals surface area contributed by atoms with Crippen molar-refractivity contribution < 1.29 is 18.0 Å². The predicted molar refractivity (Wildman–Crippen MR) is 128 cm³/mol. The normalized spacial score (nSPS) is 15.9. The minimum atomic E-state index is -4.52. The SMILES string of the molecule is C[C@@H](Nc1nc(Cl)nc2c1CN(C(=O)c1ccc3c(n1)CCNC3)C2)c1cc(N)cc(C(F)(F)F)c1. The van der Waals surface area contributed by atoms with Gasteiger partial charge in [0.05, 0.1) is 30.4 Å². The van der Waals surface area contributed by atoms with Gasteiger partial charge in [0, 0.05) is 36.5 Å². The number of fused-ring (bicyclic) bond motifs is 2. The first-order chi connectivity index (χ1) is 17.1. The minimum absolute atomic E-state index is 0.00419. The van der Waals surface area contributed by atoms with Crippen molar-refractivity contribution in [1.29, 1.82) is 0 Å². The highest BCUT2D eigenvalue weighted by atomic mass is 35.5. The van der Waals surface area contributed by atoms with Crippen LogP contribution in [0.4, 0.5) is 24.7 Å². The predicted octanol–water partition coefficient (Wildman–Crippen LogP) is 4.10. The van der Waals surface area contributed by atoms with Gasteiger partial charge in [-0.2, -0.15) is 13.2 Å². The summed E-state index contributed by atoms with van der Waals surface area (Å²) in [5.41, 5.74) is 8.80. The summed E-state index contributed by atoms with van der Waals surface area (Å²) in [6.07, 6.45) is -3.77. The van der Waals surface area contributed by atoms with Crippen LogP contribution in [-0.2, 0) is 32.2 Å². The van der Waals surface area contributed by atoms with E-state index in [0.717, 1.165) is 42.9 Å². The van der Waals surface area contributed by atoms with Crippen LogP contribution in [0.1, 0.15) is 57.1 Å². The molecule has 2 aliphatic rings. The maximum absolute atomic E-state index is 13.3. The van der Waals surface area contributed by atoms with Gasteiger partial charge in [0.2, 0.25) is 5.28 Å². The molecule has 12 heteroatoms. The van der Waals surface area contributed by atoms with Crippen LogP contribution in [0.25, 0.3) is 0 Å². The van der Waals surface area contributed by atoms with E-state index < -0.39 is 17.8 Å². The number of aromatic nitrogens is 3. The first kappa shape index (κ1) is 24.3. The van der Waals surface area contributed by atoms with Gasteiger partial charge in [-0.1, -0.05) is 6.07 Å². The second-order valence-electron chi connectivity index (χ2n) is 8.91. The van der Waals surface area contributed by atoms with Crippen LogP contribution in [0, 0.1) is 0 Å². The molecule has 0 radical (unpaired) electrons. The third-order valence-corrected chi connectivity index (χ3v) is 6.51. The smallest absolute Gasteiger partial charge is 0.399 e. The van der Waals surface area contributed by atoms with Crippen LogP contribution >= 0.6 is 11.6 Å². The number of hydrogen-bond donors (Lipinski definition) is 3. The summed E-state index contributed by atoms with van der Waals surface area (Å²) < 4.78 is 39.8. The lowest BCUT2D eigenvalue weighted by molar-refractivity contribution is -0.137. The molecule has 0 unspecified atom stereocenters. The molecule has 1 aromatic carbocycles. The van der Waals surface area contributed by atoms with Gasteiger partial charge in [-0.05, 0) is 53.9 Å². The van der Waals surface area contributed by atoms with E-state index in [1.54, 1.807) is 17.9 Å². The van der Waals surface area contributed by atoms with E-state index in [1.807, 2.05) is 6.07 Å². The molecule has 4 heterocycles. The second-order valence-corrected chi connectivity index (χ2v) is 9.25. The Balaban J connectivity index is 1.38. The Morgan fingerprint density at radius 1 is 1.17 bits per heavy atom. The molecule has 5 rings (SSSR count). The molecule has 1 amide bonds. The Morgan fingerprint density at radius 2 is 1.97 bits per heavy atom. The number of rotatable bonds is 4. The van der Waals surface area contributed by atoms with Crippen molar-refractivity contribution >= 4 is 29.0 Å². The van der Waals surface area contributed by atoms with Gasteiger partial charge >= 0.3 is 6.18 Å². The molecule has 3 aromatic rings. The molecule has 2 aromatic heterocycles. The van der Waals surface area contributed by atoms with E-state index in [4.69, 9.17) is 17.3 Å². The fraction of sp³-hybridized carbons (Fsp3) is 0.333. The van der Waals surface area contributed by atoms with Gasteiger partial charge in [0.15, 0.2) is 0 Å². The Kier molecular flexibility index (Phi) is 6.21. The third kappa shape index (κ3) is 4.80. The van der Waals surface area contributed by atoms with Gasteiger partial charge in [0.25, 0.3) is 5.91 Å². The summed E-state index contributed by atoms with van der Waals surface area (Å²) in [7, 11) is 0. The van der Waals surface area contributed by atoms with Crippen molar-refractivity contribution in [2.24, 2.45) is 0 Å². The number of halogens is 4. The first-order valence-electron chi connectivity index (χ1n) is 11.4. The van der Waals surface area contributed by atoms with Crippen molar-refractivity contribution in [3.8, 4) is 0 Å². The quantitative estimate of drug-likeness (QED) is 0.353. The molecule has 0 aliphatic carbocycles. The topological polar surface area (TPSA) is 109 Å². The lowest BCUT2D eigenvalue weighted by atomic mass is 10.0. The number of nitrogen functional groups attached to an aromatic ring is 1. The zero-order valence-corrected chi connectivity index (χ0v) is 20.0. The third-order valence-electron chi connectivity index (χ3n) is 6.34. The largest absolute Gasteiger partial charge is 0.416 e. The minimum Gasteiger partial charge on any atom is -0.399 e. The van der Waals surface area contributed by atoms with Crippen LogP contribution in [0.5, 0.6) is 0 Å². The zero-order chi connectivity index (χ0) is 25.6. The summed E-state index contributed by atoms with van der Waals surface area (Å²) in [5, 5.41) is 6.38. The fourth-order valence-corrected chi connectivity index (χ4v) is 4.67. The summed E-state index contributed by atoms with van der Waals surface area (Å²) in [5.74, 6) is 0.114. The molecule has 8 nitrogen and oxygen atoms in total. The van der Waals surface area contributed by atoms with E-state index in [-0.39, 0.29) is 30.0 Å². The number of pyridine rings is 1. The first-order valence-corrected chi connectivity index (χ1v) is 11.7. The molecule has 0 saturated heterocycles. The van der Waals surface area contributed by atoms with Gasteiger partial charge < -0.3 is 21.3 Å². The highest BCUT2D eigenvalue weighted by Crippen LogP contribution is 2.35.